The van der Waals surface area contributed by atoms with Gasteiger partial charge in [-0.2, -0.15) is 0 Å². The third-order valence-electron chi connectivity index (χ3n) is 4.14. The summed E-state index contributed by atoms with van der Waals surface area (Å²) in [6.07, 6.45) is 4.11. The molecule has 29 heavy (non-hydrogen) atoms. The van der Waals surface area contributed by atoms with Gasteiger partial charge in [0, 0.05) is 11.8 Å². The smallest absolute Gasteiger partial charge is 0.336 e. The summed E-state index contributed by atoms with van der Waals surface area (Å²) >= 11 is 12.2. The van der Waals surface area contributed by atoms with Gasteiger partial charge in [-0.15, -0.1) is 0 Å². The van der Waals surface area contributed by atoms with Crippen molar-refractivity contribution in [2.75, 3.05) is 4.90 Å². The second-order valence-corrected chi connectivity index (χ2v) is 6.76. The predicted molar refractivity (Wildman–Crippen MR) is 107 cm³/mol. The zero-order valence-electron chi connectivity index (χ0n) is 14.6. The number of nitrogens with zero attached hydrogens (tertiary/aromatic N) is 2. The molecule has 0 saturated carbocycles. The summed E-state index contributed by atoms with van der Waals surface area (Å²) in [7, 11) is 0. The average molecular weight is 428 g/mol. The fourth-order valence-corrected chi connectivity index (χ4v) is 3.18. The first-order valence-corrected chi connectivity index (χ1v) is 9.07. The third-order valence-corrected chi connectivity index (χ3v) is 4.96. The number of nitrogens with one attached hydrogen (secondary N) is 1. The molecule has 4 rings (SSSR count). The van der Waals surface area contributed by atoms with E-state index < -0.39 is 17.8 Å². The Labute approximate surface area is 174 Å². The highest BCUT2D eigenvalue weighted by Gasteiger charge is 2.37. The normalized spacial score (nSPS) is 15.7. The van der Waals surface area contributed by atoms with Gasteiger partial charge >= 0.3 is 6.03 Å². The highest BCUT2D eigenvalue weighted by molar-refractivity contribution is 6.43. The topological polar surface area (TPSA) is 92.5 Å². The number of barbiturate groups is 1. The summed E-state index contributed by atoms with van der Waals surface area (Å²) in [6, 6.07) is 10.6. The van der Waals surface area contributed by atoms with Crippen molar-refractivity contribution in [3.8, 4) is 11.3 Å². The fourth-order valence-electron chi connectivity index (χ4n) is 2.79. The number of benzene rings is 1. The maximum atomic E-state index is 12.8. The van der Waals surface area contributed by atoms with Crippen LogP contribution in [0.25, 0.3) is 17.4 Å². The van der Waals surface area contributed by atoms with Crippen LogP contribution in [0.5, 0.6) is 0 Å². The van der Waals surface area contributed by atoms with Gasteiger partial charge in [0.2, 0.25) is 0 Å². The number of amides is 4. The Morgan fingerprint density at radius 3 is 2.62 bits per heavy atom. The van der Waals surface area contributed by atoms with Crippen LogP contribution in [0, 0.1) is 0 Å². The summed E-state index contributed by atoms with van der Waals surface area (Å²) in [5.74, 6) is -0.965. The second-order valence-electron chi connectivity index (χ2n) is 5.97. The fraction of sp³-hybridized carbons (Fsp3) is 0. The van der Waals surface area contributed by atoms with E-state index in [1.54, 1.807) is 36.4 Å². The van der Waals surface area contributed by atoms with E-state index in [1.165, 1.54) is 24.5 Å². The quantitative estimate of drug-likeness (QED) is 0.496. The van der Waals surface area contributed by atoms with E-state index in [2.05, 4.69) is 10.3 Å². The lowest BCUT2D eigenvalue weighted by atomic mass is 10.1. The van der Waals surface area contributed by atoms with E-state index in [-0.39, 0.29) is 17.0 Å². The van der Waals surface area contributed by atoms with Gasteiger partial charge in [0.25, 0.3) is 11.8 Å². The number of halogens is 2. The number of carbonyl (C=O) groups is 3. The van der Waals surface area contributed by atoms with Crippen molar-refractivity contribution in [1.29, 1.82) is 0 Å². The van der Waals surface area contributed by atoms with Gasteiger partial charge in [0.05, 0.1) is 21.9 Å². The highest BCUT2D eigenvalue weighted by atomic mass is 35.5. The summed E-state index contributed by atoms with van der Waals surface area (Å²) in [5.41, 5.74) is 0.543. The lowest BCUT2D eigenvalue weighted by Crippen LogP contribution is -2.54. The van der Waals surface area contributed by atoms with Crippen LogP contribution in [0.4, 0.5) is 10.5 Å². The zero-order chi connectivity index (χ0) is 20.5. The molecule has 1 N–H and O–H groups in total. The van der Waals surface area contributed by atoms with Crippen LogP contribution < -0.4 is 10.2 Å². The minimum Gasteiger partial charge on any atom is -0.457 e. The molecule has 3 heterocycles. The predicted octanol–water partition coefficient (Wildman–Crippen LogP) is 4.31. The number of urea groups is 1. The van der Waals surface area contributed by atoms with E-state index in [0.717, 1.165) is 4.90 Å². The first-order valence-electron chi connectivity index (χ1n) is 8.31. The first kappa shape index (κ1) is 18.9. The molecule has 2 aromatic heterocycles. The third kappa shape index (κ3) is 3.53. The number of furan rings is 1. The largest absolute Gasteiger partial charge is 0.457 e. The van der Waals surface area contributed by atoms with Crippen molar-refractivity contribution in [2.24, 2.45) is 0 Å². The Morgan fingerprint density at radius 2 is 1.86 bits per heavy atom. The van der Waals surface area contributed by atoms with Crippen LogP contribution in [0.2, 0.25) is 10.0 Å². The molecule has 0 spiro atoms. The molecule has 1 saturated heterocycles. The second kappa shape index (κ2) is 7.54. The Bertz CT molecular complexity index is 1170. The Balaban J connectivity index is 1.69. The summed E-state index contributed by atoms with van der Waals surface area (Å²) in [5, 5.41) is 2.82. The molecule has 4 amide bonds. The molecule has 9 heteroatoms. The molecule has 0 radical (unpaired) electrons. The number of imide groups is 2. The molecule has 0 bridgehead atoms. The standard InChI is InChI=1S/C20H11Cl2N3O4/c21-15-5-1-4-13(17(15)22)16-7-6-12(29-16)9-14-18(26)24-20(28)25(19(14)27)11-3-2-8-23-10-11/h1-10H,(H,24,26,28)/b14-9-. The van der Waals surface area contributed by atoms with Crippen LogP contribution in [0.15, 0.2) is 64.8 Å². The number of anilines is 1. The van der Waals surface area contributed by atoms with Gasteiger partial charge < -0.3 is 4.42 Å². The molecule has 1 aliphatic rings. The van der Waals surface area contributed by atoms with Gasteiger partial charge in [-0.25, -0.2) is 9.69 Å². The van der Waals surface area contributed by atoms with E-state index >= 15 is 0 Å². The van der Waals surface area contributed by atoms with Gasteiger partial charge in [-0.05, 0) is 42.5 Å². The monoisotopic (exact) mass is 427 g/mol. The SMILES string of the molecule is O=C1NC(=O)N(c2cccnc2)C(=O)/C1=C\c1ccc(-c2cccc(Cl)c2Cl)o1. The van der Waals surface area contributed by atoms with Crippen LogP contribution >= 0.6 is 23.2 Å². The zero-order valence-corrected chi connectivity index (χ0v) is 16.1. The average Bonchev–Trinajstić information content (AvgIpc) is 3.16. The van der Waals surface area contributed by atoms with Crippen LogP contribution in [-0.2, 0) is 9.59 Å². The number of aromatic nitrogens is 1. The van der Waals surface area contributed by atoms with Gasteiger partial charge in [-0.3, -0.25) is 19.9 Å². The van der Waals surface area contributed by atoms with Crippen LogP contribution in [-0.4, -0.2) is 22.8 Å². The number of pyridine rings is 1. The van der Waals surface area contributed by atoms with Crippen LogP contribution in [0.3, 0.4) is 0 Å². The number of carbonyl (C=O) groups excluding carboxylic acids is 3. The molecule has 0 atom stereocenters. The van der Waals surface area contributed by atoms with E-state index in [4.69, 9.17) is 27.6 Å². The van der Waals surface area contributed by atoms with Gasteiger partial charge in [0.1, 0.15) is 17.1 Å². The van der Waals surface area contributed by atoms with Gasteiger partial charge in [0.15, 0.2) is 0 Å². The Morgan fingerprint density at radius 1 is 1.03 bits per heavy atom. The number of rotatable bonds is 3. The van der Waals surface area contributed by atoms with Crippen molar-refractivity contribution in [2.45, 2.75) is 0 Å². The molecule has 1 aromatic carbocycles. The maximum absolute atomic E-state index is 12.8. The molecule has 1 fully saturated rings. The minimum absolute atomic E-state index is 0.232. The van der Waals surface area contributed by atoms with Crippen molar-refractivity contribution < 1.29 is 18.8 Å². The van der Waals surface area contributed by atoms with E-state index in [1.807, 2.05) is 0 Å². The molecule has 0 unspecified atom stereocenters. The van der Waals surface area contributed by atoms with E-state index in [0.29, 0.717) is 21.4 Å². The molecule has 1 aliphatic heterocycles. The van der Waals surface area contributed by atoms with Crippen molar-refractivity contribution >= 4 is 52.8 Å². The Kier molecular flexibility index (Phi) is 4.92. The molecule has 7 nitrogen and oxygen atoms in total. The minimum atomic E-state index is -0.851. The van der Waals surface area contributed by atoms with Crippen molar-refractivity contribution in [3.63, 3.8) is 0 Å². The van der Waals surface area contributed by atoms with E-state index in [9.17, 15) is 14.4 Å². The summed E-state index contributed by atoms with van der Waals surface area (Å²) < 4.78 is 5.71. The molecular formula is C20H11Cl2N3O4. The lowest BCUT2D eigenvalue weighted by molar-refractivity contribution is -0.122. The maximum Gasteiger partial charge on any atom is 0.336 e. The molecule has 0 aliphatic carbocycles. The van der Waals surface area contributed by atoms with Crippen molar-refractivity contribution in [3.05, 3.63) is 76.2 Å². The molecule has 144 valence electrons. The summed E-state index contributed by atoms with van der Waals surface area (Å²) in [4.78, 5) is 41.9. The van der Waals surface area contributed by atoms with Crippen LogP contribution in [0.1, 0.15) is 5.76 Å². The number of hydrogen-bond donors (Lipinski definition) is 1. The van der Waals surface area contributed by atoms with Crippen molar-refractivity contribution in [1.82, 2.24) is 10.3 Å². The molecule has 3 aromatic rings. The summed E-state index contributed by atoms with van der Waals surface area (Å²) in [6.45, 7) is 0. The van der Waals surface area contributed by atoms with Gasteiger partial charge in [-0.1, -0.05) is 29.3 Å². The number of hydrogen-bond acceptors (Lipinski definition) is 5. The first-order chi connectivity index (χ1) is 14.0. The lowest BCUT2D eigenvalue weighted by Gasteiger charge is -2.25. The highest BCUT2D eigenvalue weighted by Crippen LogP contribution is 2.34. The Hall–Kier alpha value is -3.42. The molecular weight excluding hydrogens is 417 g/mol.